The van der Waals surface area contributed by atoms with Gasteiger partial charge in [0.2, 0.25) is 6.29 Å². The van der Waals surface area contributed by atoms with Gasteiger partial charge in [-0.15, -0.1) is 0 Å². The van der Waals surface area contributed by atoms with Crippen molar-refractivity contribution in [2.24, 2.45) is 0 Å². The number of nitrogens with zero attached hydrogens (tertiary/aromatic N) is 4. The summed E-state index contributed by atoms with van der Waals surface area (Å²) in [7, 11) is 0. The van der Waals surface area contributed by atoms with Gasteiger partial charge in [-0.3, -0.25) is 23.3 Å². The average molecular weight is 424 g/mol. The van der Waals surface area contributed by atoms with E-state index in [-0.39, 0.29) is 17.7 Å². The zero-order valence-electron chi connectivity index (χ0n) is 17.4. The lowest BCUT2D eigenvalue weighted by Gasteiger charge is -2.17. The normalized spacial score (nSPS) is 23.9. The van der Waals surface area contributed by atoms with E-state index < -0.39 is 41.9 Å². The fraction of sp³-hybridized carbons (Fsp3) is 0.684. The maximum atomic E-state index is 13.2. The molecule has 0 spiro atoms. The van der Waals surface area contributed by atoms with E-state index in [0.717, 1.165) is 26.2 Å². The summed E-state index contributed by atoms with van der Waals surface area (Å²) < 4.78 is 14.3. The Morgan fingerprint density at radius 3 is 2.37 bits per heavy atom. The molecule has 0 saturated carbocycles. The summed E-state index contributed by atoms with van der Waals surface area (Å²) >= 11 is 0. The summed E-state index contributed by atoms with van der Waals surface area (Å²) in [5, 5.41) is 20.6. The molecule has 1 saturated heterocycles. The van der Waals surface area contributed by atoms with Crippen LogP contribution < -0.4 is 11.2 Å². The molecular formula is C19H28N4O7. The molecule has 2 N–H and O–H groups in total. The molecule has 0 aromatic carbocycles. The number of carbonyl (C=O) groups is 1. The van der Waals surface area contributed by atoms with E-state index >= 15 is 0 Å². The molecule has 30 heavy (non-hydrogen) atoms. The van der Waals surface area contributed by atoms with Crippen LogP contribution in [0.4, 0.5) is 0 Å². The lowest BCUT2D eigenvalue weighted by atomic mass is 10.2. The summed E-state index contributed by atoms with van der Waals surface area (Å²) in [6.07, 6.45) is -1.23. The van der Waals surface area contributed by atoms with Crippen molar-refractivity contribution in [3.63, 3.8) is 0 Å². The molecule has 2 aromatic rings. The van der Waals surface area contributed by atoms with Crippen LogP contribution in [0.25, 0.3) is 11.2 Å². The van der Waals surface area contributed by atoms with Crippen molar-refractivity contribution in [2.75, 3.05) is 0 Å². The van der Waals surface area contributed by atoms with Gasteiger partial charge in [-0.25, -0.2) is 9.78 Å². The first-order valence-electron chi connectivity index (χ1n) is 10.2. The van der Waals surface area contributed by atoms with Crippen LogP contribution in [-0.4, -0.2) is 53.4 Å². The van der Waals surface area contributed by atoms with E-state index in [1.807, 2.05) is 13.8 Å². The predicted molar refractivity (Wildman–Crippen MR) is 106 cm³/mol. The Balaban J connectivity index is 2.14. The largest absolute Gasteiger partial charge is 0.433 e. The molecule has 1 aliphatic heterocycles. The Hall–Kier alpha value is -2.50. The molecule has 0 bridgehead atoms. The number of carbonyl (C=O) groups excluding carboxylic acids is 1. The molecular weight excluding hydrogens is 396 g/mol. The van der Waals surface area contributed by atoms with Crippen LogP contribution in [0.15, 0.2) is 15.9 Å². The number of hydrogen-bond acceptors (Lipinski definition) is 8. The number of imidazole rings is 1. The smallest absolute Gasteiger partial charge is 0.332 e. The van der Waals surface area contributed by atoms with Gasteiger partial charge in [-0.05, 0) is 12.8 Å². The van der Waals surface area contributed by atoms with Crippen molar-refractivity contribution in [1.29, 1.82) is 0 Å². The second kappa shape index (κ2) is 9.11. The fourth-order valence-electron chi connectivity index (χ4n) is 3.55. The van der Waals surface area contributed by atoms with Gasteiger partial charge in [0.1, 0.15) is 12.2 Å². The van der Waals surface area contributed by atoms with Gasteiger partial charge < -0.3 is 19.7 Å². The van der Waals surface area contributed by atoms with Gasteiger partial charge in [-0.1, -0.05) is 26.7 Å². The Morgan fingerprint density at radius 1 is 1.13 bits per heavy atom. The van der Waals surface area contributed by atoms with Gasteiger partial charge in [0, 0.05) is 20.0 Å². The van der Waals surface area contributed by atoms with Crippen LogP contribution in [-0.2, 0) is 27.4 Å². The number of unbranched alkanes of at least 4 members (excludes halogenated alkanes) is 2. The molecule has 4 atom stereocenters. The quantitative estimate of drug-likeness (QED) is 0.569. The molecule has 1 aliphatic rings. The zero-order chi connectivity index (χ0) is 22.0. The minimum absolute atomic E-state index is 0.0848. The van der Waals surface area contributed by atoms with Gasteiger partial charge in [0.05, 0.1) is 6.33 Å². The zero-order valence-corrected chi connectivity index (χ0v) is 17.4. The average Bonchev–Trinajstić information content (AvgIpc) is 3.24. The maximum Gasteiger partial charge on any atom is 0.332 e. The van der Waals surface area contributed by atoms with Crippen molar-refractivity contribution < 1.29 is 24.5 Å². The number of esters is 1. The van der Waals surface area contributed by atoms with Crippen LogP contribution in [0, 0.1) is 0 Å². The van der Waals surface area contributed by atoms with Gasteiger partial charge in [-0.2, -0.15) is 0 Å². The minimum Gasteiger partial charge on any atom is -0.433 e. The van der Waals surface area contributed by atoms with Crippen LogP contribution in [0.3, 0.4) is 0 Å². The molecule has 1 fully saturated rings. The van der Waals surface area contributed by atoms with Gasteiger partial charge in [0.25, 0.3) is 5.56 Å². The molecule has 11 heteroatoms. The highest BCUT2D eigenvalue weighted by molar-refractivity contribution is 5.70. The highest BCUT2D eigenvalue weighted by atomic mass is 16.7. The summed E-state index contributed by atoms with van der Waals surface area (Å²) in [6, 6.07) is 0. The molecule has 11 nitrogen and oxygen atoms in total. The van der Waals surface area contributed by atoms with Crippen LogP contribution in [0.5, 0.6) is 0 Å². The number of aliphatic hydroxyl groups is 2. The summed E-state index contributed by atoms with van der Waals surface area (Å²) in [5.41, 5.74) is -0.700. The van der Waals surface area contributed by atoms with E-state index in [9.17, 15) is 24.6 Å². The predicted octanol–water partition coefficient (Wildman–Crippen LogP) is 0.0997. The molecule has 0 radical (unpaired) electrons. The summed E-state index contributed by atoms with van der Waals surface area (Å²) in [6.45, 7) is 5.76. The lowest BCUT2D eigenvalue weighted by molar-refractivity contribution is -0.190. The number of hydrogen-bond donors (Lipinski definition) is 2. The third kappa shape index (κ3) is 3.92. The molecule has 0 aliphatic carbocycles. The van der Waals surface area contributed by atoms with Crippen molar-refractivity contribution in [3.8, 4) is 0 Å². The second-order valence-electron chi connectivity index (χ2n) is 7.41. The fourth-order valence-corrected chi connectivity index (χ4v) is 3.55. The molecule has 1 unspecified atom stereocenters. The third-order valence-corrected chi connectivity index (χ3v) is 5.16. The van der Waals surface area contributed by atoms with Gasteiger partial charge >= 0.3 is 11.7 Å². The monoisotopic (exact) mass is 424 g/mol. The second-order valence-corrected chi connectivity index (χ2v) is 7.41. The SMILES string of the molecule is CCCCn1c(=O)c2c(ncn2C2O[C@H](OC(C)=O)[C@@H](O)[C@H]2O)n(CCCC)c1=O. The third-order valence-electron chi connectivity index (χ3n) is 5.16. The molecule has 0 amide bonds. The Bertz CT molecular complexity index is 1020. The van der Waals surface area contributed by atoms with Crippen molar-refractivity contribution in [3.05, 3.63) is 27.2 Å². The number of fused-ring (bicyclic) bond motifs is 1. The molecule has 3 heterocycles. The standard InChI is InChI=1S/C19H28N4O7/c1-4-6-8-21-15-12(16(27)22(19(21)28)9-7-5-2)23(10-20-15)17-13(25)14(26)18(30-17)29-11(3)24/h10,13-14,17-18,25-26H,4-9H2,1-3H3/t13-,14+,17?,18+/m1/s1. The van der Waals surface area contributed by atoms with E-state index in [2.05, 4.69) is 4.98 Å². The van der Waals surface area contributed by atoms with E-state index in [0.29, 0.717) is 13.0 Å². The maximum absolute atomic E-state index is 13.2. The molecule has 3 rings (SSSR count). The summed E-state index contributed by atoms with van der Waals surface area (Å²) in [5.74, 6) is -0.683. The number of aryl methyl sites for hydroxylation is 1. The summed E-state index contributed by atoms with van der Waals surface area (Å²) in [4.78, 5) is 41.6. The first-order valence-corrected chi connectivity index (χ1v) is 10.2. The molecule has 2 aromatic heterocycles. The van der Waals surface area contributed by atoms with Crippen molar-refractivity contribution in [2.45, 2.75) is 84.3 Å². The van der Waals surface area contributed by atoms with Gasteiger partial charge in [0.15, 0.2) is 17.4 Å². The number of ether oxygens (including phenoxy) is 2. The number of rotatable bonds is 8. The Labute approximate surface area is 172 Å². The van der Waals surface area contributed by atoms with Crippen LogP contribution >= 0.6 is 0 Å². The van der Waals surface area contributed by atoms with Crippen LogP contribution in [0.1, 0.15) is 52.7 Å². The lowest BCUT2D eigenvalue weighted by Crippen LogP contribution is -2.41. The first kappa shape index (κ1) is 22.2. The van der Waals surface area contributed by atoms with E-state index in [1.54, 1.807) is 0 Å². The van der Waals surface area contributed by atoms with Crippen molar-refractivity contribution >= 4 is 17.1 Å². The van der Waals surface area contributed by atoms with E-state index in [4.69, 9.17) is 9.47 Å². The topological polar surface area (TPSA) is 138 Å². The molecule has 166 valence electrons. The number of aliphatic hydroxyl groups excluding tert-OH is 2. The van der Waals surface area contributed by atoms with Crippen molar-refractivity contribution in [1.82, 2.24) is 18.7 Å². The van der Waals surface area contributed by atoms with E-state index in [1.165, 1.54) is 20.0 Å². The minimum atomic E-state index is -1.50. The highest BCUT2D eigenvalue weighted by Crippen LogP contribution is 2.31. The highest BCUT2D eigenvalue weighted by Gasteiger charge is 2.46. The number of aromatic nitrogens is 4. The van der Waals surface area contributed by atoms with Crippen LogP contribution in [0.2, 0.25) is 0 Å². The first-order chi connectivity index (χ1) is 14.3. The Morgan fingerprint density at radius 2 is 1.77 bits per heavy atom. The Kier molecular flexibility index (Phi) is 6.74.